The Balaban J connectivity index is 1.88. The molecule has 0 radical (unpaired) electrons. The van der Waals surface area contributed by atoms with Crippen LogP contribution in [0.3, 0.4) is 0 Å². The number of methoxy groups -OCH3 is 1. The molecule has 0 aliphatic carbocycles. The van der Waals surface area contributed by atoms with Gasteiger partial charge in [0.2, 0.25) is 0 Å². The summed E-state index contributed by atoms with van der Waals surface area (Å²) >= 11 is 6.04. The third-order valence-electron chi connectivity index (χ3n) is 5.11. The first-order valence-electron chi connectivity index (χ1n) is 10.5. The maximum absolute atomic E-state index is 12.7. The molecule has 2 heterocycles. The predicted octanol–water partition coefficient (Wildman–Crippen LogP) is 3.36. The quantitative estimate of drug-likeness (QED) is 0.370. The number of nitrogens with two attached hydrogens (primary N) is 2. The summed E-state index contributed by atoms with van der Waals surface area (Å²) in [5.74, 6) is -0.284. The number of aryl methyl sites for hydroxylation is 1. The molecular weight excluding hydrogens is 468 g/mol. The van der Waals surface area contributed by atoms with Crippen molar-refractivity contribution in [2.75, 3.05) is 19.5 Å². The van der Waals surface area contributed by atoms with Crippen molar-refractivity contribution in [2.24, 2.45) is 11.5 Å². The Morgan fingerprint density at radius 2 is 1.86 bits per heavy atom. The van der Waals surface area contributed by atoms with Crippen LogP contribution in [0.5, 0.6) is 5.75 Å². The molecule has 3 rings (SSSR count). The van der Waals surface area contributed by atoms with Crippen LogP contribution < -0.4 is 26.8 Å². The molecule has 9 nitrogen and oxygen atoms in total. The zero-order valence-corrected chi connectivity index (χ0v) is 20.2. The summed E-state index contributed by atoms with van der Waals surface area (Å²) in [7, 11) is 3.00. The van der Waals surface area contributed by atoms with Gasteiger partial charge < -0.3 is 26.8 Å². The number of hydrogen-bond acceptors (Lipinski definition) is 7. The van der Waals surface area contributed by atoms with Gasteiger partial charge in [0, 0.05) is 42.0 Å². The molecule has 10 heteroatoms. The number of nitrogens with one attached hydrogen (secondary N) is 2. The molecule has 0 saturated heterocycles. The Labute approximate surface area is 207 Å². The molecule has 3 aromatic rings. The highest BCUT2D eigenvalue weighted by atomic mass is 35.5. The number of rotatable bonds is 7. The summed E-state index contributed by atoms with van der Waals surface area (Å²) in [6, 6.07) is 9.78. The molecule has 0 aliphatic rings. The van der Waals surface area contributed by atoms with E-state index >= 15 is 0 Å². The standard InChI is InChI=1S/C25H25ClN6O3/c1-14-19(21(28)8-17(12-27)15-6-7-30-22(9-15)25(34)29-2)11-18(13-31-14)32-24(33)16-4-5-20(26)23(10-16)35-3/h4-13H,27-28H2,1-3H3,(H,29,34)(H,32,33)/b17-12+,21-8-. The van der Waals surface area contributed by atoms with E-state index in [1.807, 2.05) is 0 Å². The Morgan fingerprint density at radius 1 is 1.09 bits per heavy atom. The lowest BCUT2D eigenvalue weighted by atomic mass is 10.0. The van der Waals surface area contributed by atoms with E-state index in [1.165, 1.54) is 32.8 Å². The van der Waals surface area contributed by atoms with Gasteiger partial charge in [0.15, 0.2) is 0 Å². The number of halogens is 1. The summed E-state index contributed by atoms with van der Waals surface area (Å²) in [6.45, 7) is 1.80. The van der Waals surface area contributed by atoms with Gasteiger partial charge in [0.05, 0.1) is 24.0 Å². The number of hydrogen-bond donors (Lipinski definition) is 4. The number of pyridine rings is 2. The van der Waals surface area contributed by atoms with Crippen molar-refractivity contribution in [3.63, 3.8) is 0 Å². The minimum Gasteiger partial charge on any atom is -0.495 e. The van der Waals surface area contributed by atoms with E-state index in [1.54, 1.807) is 49.4 Å². The second-order valence-electron chi connectivity index (χ2n) is 7.39. The fraction of sp³-hybridized carbons (Fsp3) is 0.120. The first-order valence-corrected chi connectivity index (χ1v) is 10.8. The fourth-order valence-corrected chi connectivity index (χ4v) is 3.43. The number of aromatic nitrogens is 2. The van der Waals surface area contributed by atoms with Gasteiger partial charge in [-0.05, 0) is 60.5 Å². The fourth-order valence-electron chi connectivity index (χ4n) is 3.23. The lowest BCUT2D eigenvalue weighted by molar-refractivity contribution is 0.0957. The highest BCUT2D eigenvalue weighted by Crippen LogP contribution is 2.26. The predicted molar refractivity (Wildman–Crippen MR) is 137 cm³/mol. The van der Waals surface area contributed by atoms with Crippen LogP contribution in [-0.2, 0) is 0 Å². The zero-order valence-electron chi connectivity index (χ0n) is 19.4. The van der Waals surface area contributed by atoms with Gasteiger partial charge in [0.25, 0.3) is 11.8 Å². The molecule has 6 N–H and O–H groups in total. The maximum atomic E-state index is 12.7. The first kappa shape index (κ1) is 25.3. The largest absolute Gasteiger partial charge is 0.495 e. The van der Waals surface area contributed by atoms with Crippen molar-refractivity contribution in [1.29, 1.82) is 0 Å². The number of ether oxygens (including phenoxy) is 1. The Kier molecular flexibility index (Phi) is 8.06. The number of carbonyl (C=O) groups is 2. The van der Waals surface area contributed by atoms with Crippen LogP contribution in [0, 0.1) is 6.92 Å². The van der Waals surface area contributed by atoms with Gasteiger partial charge in [-0.25, -0.2) is 0 Å². The van der Waals surface area contributed by atoms with Gasteiger partial charge in [-0.1, -0.05) is 11.6 Å². The molecule has 0 fully saturated rings. The zero-order chi connectivity index (χ0) is 25.5. The number of allylic oxidation sites excluding steroid dienone is 2. The Bertz CT molecular complexity index is 1340. The summed E-state index contributed by atoms with van der Waals surface area (Å²) in [4.78, 5) is 33.1. The van der Waals surface area contributed by atoms with Crippen LogP contribution >= 0.6 is 11.6 Å². The van der Waals surface area contributed by atoms with Gasteiger partial charge in [-0.3, -0.25) is 19.6 Å². The highest BCUT2D eigenvalue weighted by Gasteiger charge is 2.13. The number of amides is 2. The van der Waals surface area contributed by atoms with Gasteiger partial charge in [0.1, 0.15) is 11.4 Å². The van der Waals surface area contributed by atoms with E-state index in [0.29, 0.717) is 50.1 Å². The van der Waals surface area contributed by atoms with E-state index in [-0.39, 0.29) is 17.5 Å². The molecule has 35 heavy (non-hydrogen) atoms. The van der Waals surface area contributed by atoms with E-state index in [9.17, 15) is 9.59 Å². The van der Waals surface area contributed by atoms with Crippen LogP contribution in [0.15, 0.2) is 61.1 Å². The van der Waals surface area contributed by atoms with Crippen LogP contribution in [0.4, 0.5) is 5.69 Å². The average Bonchev–Trinajstić information content (AvgIpc) is 2.87. The molecule has 2 aromatic heterocycles. The van der Waals surface area contributed by atoms with Crippen LogP contribution in [0.1, 0.15) is 37.7 Å². The Morgan fingerprint density at radius 3 is 2.54 bits per heavy atom. The molecule has 2 amide bonds. The molecular formula is C25H25ClN6O3. The number of carbonyl (C=O) groups excluding carboxylic acids is 2. The molecule has 0 unspecified atom stereocenters. The van der Waals surface area contributed by atoms with Crippen molar-refractivity contribution in [3.8, 4) is 5.75 Å². The van der Waals surface area contributed by atoms with E-state index in [2.05, 4.69) is 20.6 Å². The number of benzene rings is 1. The monoisotopic (exact) mass is 492 g/mol. The molecule has 0 spiro atoms. The van der Waals surface area contributed by atoms with Crippen LogP contribution in [0.25, 0.3) is 11.3 Å². The Hall–Kier alpha value is -4.37. The van der Waals surface area contributed by atoms with Crippen molar-refractivity contribution in [2.45, 2.75) is 6.92 Å². The van der Waals surface area contributed by atoms with Crippen molar-refractivity contribution >= 4 is 40.4 Å². The second kappa shape index (κ2) is 11.2. The minimum atomic E-state index is -0.361. The van der Waals surface area contributed by atoms with Crippen LogP contribution in [0.2, 0.25) is 5.02 Å². The van der Waals surface area contributed by atoms with Gasteiger partial charge >= 0.3 is 0 Å². The maximum Gasteiger partial charge on any atom is 0.269 e. The van der Waals surface area contributed by atoms with Crippen molar-refractivity contribution in [1.82, 2.24) is 15.3 Å². The molecule has 0 bridgehead atoms. The summed E-state index contributed by atoms with van der Waals surface area (Å²) in [6.07, 6.45) is 6.11. The summed E-state index contributed by atoms with van der Waals surface area (Å²) in [5, 5.41) is 5.74. The molecule has 180 valence electrons. The number of anilines is 1. The van der Waals surface area contributed by atoms with Crippen molar-refractivity contribution in [3.05, 3.63) is 94.2 Å². The van der Waals surface area contributed by atoms with E-state index < -0.39 is 0 Å². The lowest BCUT2D eigenvalue weighted by Crippen LogP contribution is -2.19. The second-order valence-corrected chi connectivity index (χ2v) is 7.80. The van der Waals surface area contributed by atoms with Gasteiger partial charge in [-0.15, -0.1) is 0 Å². The molecule has 0 atom stereocenters. The normalized spacial score (nSPS) is 11.7. The summed E-state index contributed by atoms with van der Waals surface area (Å²) < 4.78 is 5.17. The molecule has 1 aromatic carbocycles. The third-order valence-corrected chi connectivity index (χ3v) is 5.42. The lowest BCUT2D eigenvalue weighted by Gasteiger charge is -2.12. The SMILES string of the molecule is CNC(=O)c1cc(C(/C=C(\N)c2cc(NC(=O)c3ccc(Cl)c(OC)c3)cnc2C)=C/N)ccn1. The molecule has 0 saturated carbocycles. The van der Waals surface area contributed by atoms with E-state index in [0.717, 1.165) is 0 Å². The summed E-state index contributed by atoms with van der Waals surface area (Å²) in [5.41, 5.74) is 16.2. The number of nitrogens with zero attached hydrogens (tertiary/aromatic N) is 2. The van der Waals surface area contributed by atoms with Crippen LogP contribution in [-0.4, -0.2) is 35.9 Å². The van der Waals surface area contributed by atoms with Crippen molar-refractivity contribution < 1.29 is 14.3 Å². The molecule has 0 aliphatic heterocycles. The van der Waals surface area contributed by atoms with Gasteiger partial charge in [-0.2, -0.15) is 0 Å². The first-order chi connectivity index (χ1) is 16.8. The average molecular weight is 493 g/mol. The minimum absolute atomic E-state index is 0.248. The third kappa shape index (κ3) is 5.96. The smallest absolute Gasteiger partial charge is 0.269 e. The van der Waals surface area contributed by atoms with E-state index in [4.69, 9.17) is 27.8 Å². The highest BCUT2D eigenvalue weighted by molar-refractivity contribution is 6.32. The topological polar surface area (TPSA) is 145 Å².